The van der Waals surface area contributed by atoms with Gasteiger partial charge in [0.1, 0.15) is 6.04 Å². The number of carbonyl (C=O) groups excluding carboxylic acids is 2. The molecule has 1 rings (SSSR count). The molecule has 0 aliphatic carbocycles. The zero-order chi connectivity index (χ0) is 16.5. The molecule has 22 heavy (non-hydrogen) atoms. The highest BCUT2D eigenvalue weighted by Gasteiger charge is 2.27. The molecule has 0 saturated carbocycles. The van der Waals surface area contributed by atoms with E-state index >= 15 is 0 Å². The number of amides is 2. The Bertz CT molecular complexity index is 474. The Kier molecular flexibility index (Phi) is 7.60. The van der Waals surface area contributed by atoms with Crippen LogP contribution < -0.4 is 5.32 Å². The lowest BCUT2D eigenvalue weighted by Crippen LogP contribution is -2.49. The van der Waals surface area contributed by atoms with E-state index in [9.17, 15) is 9.59 Å². The molecule has 1 unspecified atom stereocenters. The lowest BCUT2D eigenvalue weighted by molar-refractivity contribution is -0.143. The maximum atomic E-state index is 12.4. The smallest absolute Gasteiger partial charge is 0.242 e. The highest BCUT2D eigenvalue weighted by molar-refractivity contribution is 5.88. The minimum absolute atomic E-state index is 0.0294. The first-order valence-corrected chi connectivity index (χ1v) is 7.58. The topological polar surface area (TPSA) is 58.6 Å². The summed E-state index contributed by atoms with van der Waals surface area (Å²) in [4.78, 5) is 26.3. The van der Waals surface area contributed by atoms with E-state index < -0.39 is 6.04 Å². The maximum Gasteiger partial charge on any atom is 0.242 e. The second-order valence-electron chi connectivity index (χ2n) is 5.57. The van der Waals surface area contributed by atoms with Crippen LogP contribution in [0.4, 0.5) is 0 Å². The molecule has 5 heteroatoms. The summed E-state index contributed by atoms with van der Waals surface area (Å²) >= 11 is 0. The van der Waals surface area contributed by atoms with Crippen molar-refractivity contribution in [2.24, 2.45) is 5.92 Å². The Balaban J connectivity index is 2.80. The van der Waals surface area contributed by atoms with E-state index in [1.165, 1.54) is 0 Å². The molecule has 2 amide bonds. The molecule has 0 saturated heterocycles. The van der Waals surface area contributed by atoms with Gasteiger partial charge in [-0.15, -0.1) is 0 Å². The highest BCUT2D eigenvalue weighted by Crippen LogP contribution is 2.13. The fourth-order valence-electron chi connectivity index (χ4n) is 2.08. The van der Waals surface area contributed by atoms with Crippen LogP contribution in [0.1, 0.15) is 26.3 Å². The molecule has 0 bridgehead atoms. The first-order valence-electron chi connectivity index (χ1n) is 7.58. The van der Waals surface area contributed by atoms with E-state index in [1.807, 2.05) is 44.2 Å². The van der Waals surface area contributed by atoms with Gasteiger partial charge in [0, 0.05) is 26.1 Å². The van der Waals surface area contributed by atoms with Crippen molar-refractivity contribution in [3.63, 3.8) is 0 Å². The van der Waals surface area contributed by atoms with Crippen molar-refractivity contribution in [1.82, 2.24) is 10.2 Å². The Hall–Kier alpha value is -1.88. The summed E-state index contributed by atoms with van der Waals surface area (Å²) in [5.41, 5.74) is 1.01. The highest BCUT2D eigenvalue weighted by atomic mass is 16.5. The minimum Gasteiger partial charge on any atom is -0.383 e. The number of hydrogen-bond acceptors (Lipinski definition) is 3. The Morgan fingerprint density at radius 2 is 1.82 bits per heavy atom. The van der Waals surface area contributed by atoms with Crippen LogP contribution in [0.25, 0.3) is 0 Å². The summed E-state index contributed by atoms with van der Waals surface area (Å²) in [7, 11) is 1.58. The number of hydrogen-bond donors (Lipinski definition) is 1. The molecule has 0 aliphatic rings. The van der Waals surface area contributed by atoms with Crippen LogP contribution in [-0.2, 0) is 20.9 Å². The predicted molar refractivity (Wildman–Crippen MR) is 86.2 cm³/mol. The molecule has 1 aromatic carbocycles. The standard InChI is InChI=1S/C17H26N2O3/c1-13(2)17(21)19(12-15-8-6-5-7-9-15)14(3)16(20)18-10-11-22-4/h5-9,13-14H,10-12H2,1-4H3,(H,18,20). The Morgan fingerprint density at radius 3 is 2.36 bits per heavy atom. The Morgan fingerprint density at radius 1 is 1.18 bits per heavy atom. The van der Waals surface area contributed by atoms with Gasteiger partial charge < -0.3 is 15.0 Å². The summed E-state index contributed by atoms with van der Waals surface area (Å²) in [6.07, 6.45) is 0. The van der Waals surface area contributed by atoms with E-state index in [2.05, 4.69) is 5.32 Å². The van der Waals surface area contributed by atoms with Crippen LogP contribution >= 0.6 is 0 Å². The number of nitrogens with zero attached hydrogens (tertiary/aromatic N) is 1. The number of nitrogens with one attached hydrogen (secondary N) is 1. The molecule has 122 valence electrons. The van der Waals surface area contributed by atoms with Crippen molar-refractivity contribution in [2.75, 3.05) is 20.3 Å². The largest absolute Gasteiger partial charge is 0.383 e. The summed E-state index contributed by atoms with van der Waals surface area (Å²) < 4.78 is 4.92. The molecular weight excluding hydrogens is 280 g/mol. The molecule has 0 spiro atoms. The fraction of sp³-hybridized carbons (Fsp3) is 0.529. The molecule has 1 atom stereocenters. The van der Waals surface area contributed by atoms with Crippen molar-refractivity contribution in [3.05, 3.63) is 35.9 Å². The molecule has 1 N–H and O–H groups in total. The third-order valence-electron chi connectivity index (χ3n) is 3.43. The molecule has 0 aliphatic heterocycles. The minimum atomic E-state index is -0.521. The molecule has 0 aromatic heterocycles. The molecule has 1 aromatic rings. The van der Waals surface area contributed by atoms with Crippen LogP contribution in [-0.4, -0.2) is 43.0 Å². The van der Waals surface area contributed by atoms with Crippen molar-refractivity contribution in [2.45, 2.75) is 33.4 Å². The monoisotopic (exact) mass is 306 g/mol. The molecule has 0 heterocycles. The van der Waals surface area contributed by atoms with Gasteiger partial charge in [-0.1, -0.05) is 44.2 Å². The van der Waals surface area contributed by atoms with Crippen molar-refractivity contribution < 1.29 is 14.3 Å². The van der Waals surface area contributed by atoms with Crippen LogP contribution in [0.3, 0.4) is 0 Å². The van der Waals surface area contributed by atoms with Crippen LogP contribution in [0.15, 0.2) is 30.3 Å². The van der Waals surface area contributed by atoms with Gasteiger partial charge in [0.2, 0.25) is 11.8 Å². The number of ether oxygens (including phenoxy) is 1. The van der Waals surface area contributed by atoms with E-state index in [4.69, 9.17) is 4.74 Å². The van der Waals surface area contributed by atoms with Gasteiger partial charge in [-0.05, 0) is 12.5 Å². The predicted octanol–water partition coefficient (Wildman–Crippen LogP) is 1.82. The SMILES string of the molecule is COCCNC(=O)C(C)N(Cc1ccccc1)C(=O)C(C)C. The van der Waals surface area contributed by atoms with E-state index in [0.29, 0.717) is 19.7 Å². The Labute approximate surface area is 132 Å². The quantitative estimate of drug-likeness (QED) is 0.745. The van der Waals surface area contributed by atoms with Gasteiger partial charge in [0.05, 0.1) is 6.61 Å². The van der Waals surface area contributed by atoms with Crippen molar-refractivity contribution in [3.8, 4) is 0 Å². The second kappa shape index (κ2) is 9.20. The van der Waals surface area contributed by atoms with Gasteiger partial charge in [0.25, 0.3) is 0 Å². The van der Waals surface area contributed by atoms with Gasteiger partial charge in [-0.3, -0.25) is 9.59 Å². The summed E-state index contributed by atoms with van der Waals surface area (Å²) in [5, 5.41) is 2.79. The van der Waals surface area contributed by atoms with Crippen molar-refractivity contribution in [1.29, 1.82) is 0 Å². The second-order valence-corrected chi connectivity index (χ2v) is 5.57. The van der Waals surface area contributed by atoms with Gasteiger partial charge in [-0.25, -0.2) is 0 Å². The first kappa shape index (κ1) is 18.2. The molecule has 0 radical (unpaired) electrons. The molecular formula is C17H26N2O3. The van der Waals surface area contributed by atoms with Crippen LogP contribution in [0.5, 0.6) is 0 Å². The fourth-order valence-corrected chi connectivity index (χ4v) is 2.08. The zero-order valence-electron chi connectivity index (χ0n) is 13.8. The third-order valence-corrected chi connectivity index (χ3v) is 3.43. The van der Waals surface area contributed by atoms with Gasteiger partial charge in [-0.2, -0.15) is 0 Å². The zero-order valence-corrected chi connectivity index (χ0v) is 13.8. The summed E-state index contributed by atoms with van der Waals surface area (Å²) in [5.74, 6) is -0.349. The lowest BCUT2D eigenvalue weighted by Gasteiger charge is -2.30. The molecule has 0 fully saturated rings. The number of carbonyl (C=O) groups is 2. The van der Waals surface area contributed by atoms with E-state index in [0.717, 1.165) is 5.56 Å². The lowest BCUT2D eigenvalue weighted by atomic mass is 10.1. The number of rotatable bonds is 8. The molecule has 5 nitrogen and oxygen atoms in total. The van der Waals surface area contributed by atoms with Gasteiger partial charge >= 0.3 is 0 Å². The number of benzene rings is 1. The first-order chi connectivity index (χ1) is 10.5. The normalized spacial score (nSPS) is 12.0. The average molecular weight is 306 g/mol. The van der Waals surface area contributed by atoms with Crippen LogP contribution in [0, 0.1) is 5.92 Å². The maximum absolute atomic E-state index is 12.4. The average Bonchev–Trinajstić information content (AvgIpc) is 2.52. The van der Waals surface area contributed by atoms with E-state index in [-0.39, 0.29) is 17.7 Å². The van der Waals surface area contributed by atoms with E-state index in [1.54, 1.807) is 18.9 Å². The van der Waals surface area contributed by atoms with Crippen LogP contribution in [0.2, 0.25) is 0 Å². The van der Waals surface area contributed by atoms with Crippen molar-refractivity contribution >= 4 is 11.8 Å². The van der Waals surface area contributed by atoms with Gasteiger partial charge in [0.15, 0.2) is 0 Å². The summed E-state index contributed by atoms with van der Waals surface area (Å²) in [6.45, 7) is 6.76. The third kappa shape index (κ3) is 5.48. The number of methoxy groups -OCH3 is 1. The summed E-state index contributed by atoms with van der Waals surface area (Å²) in [6, 6.07) is 9.17.